The van der Waals surface area contributed by atoms with Gasteiger partial charge < -0.3 is 5.11 Å². The van der Waals surface area contributed by atoms with Crippen molar-refractivity contribution in [1.29, 1.82) is 0 Å². The monoisotopic (exact) mass is 331 g/mol. The Morgan fingerprint density at radius 1 is 1.18 bits per heavy atom. The van der Waals surface area contributed by atoms with Gasteiger partial charge in [0.1, 0.15) is 0 Å². The minimum absolute atomic E-state index is 0.257. The van der Waals surface area contributed by atoms with Gasteiger partial charge in [0.15, 0.2) is 0 Å². The van der Waals surface area contributed by atoms with Crippen molar-refractivity contribution in [2.24, 2.45) is 0 Å². The third kappa shape index (κ3) is 14.7. The van der Waals surface area contributed by atoms with Crippen LogP contribution in [0.5, 0.6) is 0 Å². The molecule has 0 amide bonds. The molecule has 0 bridgehead atoms. The van der Waals surface area contributed by atoms with Crippen LogP contribution in [0.25, 0.3) is 0 Å². The van der Waals surface area contributed by atoms with E-state index < -0.39 is 0 Å². The lowest BCUT2D eigenvalue weighted by Crippen LogP contribution is -2.30. The second kappa shape index (κ2) is 17.1. The lowest BCUT2D eigenvalue weighted by molar-refractivity contribution is 0.399. The van der Waals surface area contributed by atoms with Crippen molar-refractivity contribution in [3.63, 3.8) is 0 Å². The maximum Gasteiger partial charge on any atom is 0.0420 e. The van der Waals surface area contributed by atoms with Gasteiger partial charge in [-0.2, -0.15) is 0 Å². The Kier molecular flexibility index (Phi) is 20.7. The normalized spacial score (nSPS) is 13.6. The van der Waals surface area contributed by atoms with Crippen molar-refractivity contribution >= 4 is 11.9 Å². The molecule has 0 saturated carbocycles. The largest absolute Gasteiger partial charge is 0.400 e. The number of hydrogen-bond acceptors (Lipinski definition) is 3. The molecule has 1 atom stereocenters. The van der Waals surface area contributed by atoms with Gasteiger partial charge in [-0.25, -0.2) is 0 Å². The first-order chi connectivity index (χ1) is 10.4. The molecule has 0 aliphatic carbocycles. The fraction of sp³-hybridized carbons (Fsp3) is 0.789. The number of aliphatic hydroxyl groups is 1. The lowest BCUT2D eigenvalue weighted by atomic mass is 9.96. The van der Waals surface area contributed by atoms with Crippen molar-refractivity contribution in [1.82, 2.24) is 4.72 Å². The smallest absolute Gasteiger partial charge is 0.0420 e. The standard InChI is InChI=1S/C16H31NS.C2H6.CH4O/c1-8-11-14(13(4)10-3)15(12-9-2)17-18-16(5,6)7;2*1-2/h10-11,15,17H,8-9,12H2,1-7H3;1-2H3;2H,1H3/b13-10-,14-11+;;. The van der Waals surface area contributed by atoms with Crippen molar-refractivity contribution in [2.45, 2.75) is 92.4 Å². The van der Waals surface area contributed by atoms with Gasteiger partial charge in [0.2, 0.25) is 0 Å². The zero-order chi connectivity index (χ0) is 18.2. The topological polar surface area (TPSA) is 32.3 Å². The Balaban J connectivity index is -0.000000826. The number of aliphatic hydroxyl groups excluding tert-OH is 1. The maximum atomic E-state index is 7.00. The lowest BCUT2D eigenvalue weighted by Gasteiger charge is -2.26. The van der Waals surface area contributed by atoms with Crippen LogP contribution in [0, 0.1) is 0 Å². The maximum absolute atomic E-state index is 7.00. The molecule has 22 heavy (non-hydrogen) atoms. The Morgan fingerprint density at radius 3 is 2.00 bits per heavy atom. The SMILES string of the molecule is C/C=C(C)\C(=C/CC)C(CCC)NSC(C)(C)C.CC.CO. The summed E-state index contributed by atoms with van der Waals surface area (Å²) >= 11 is 1.85. The molecule has 3 heteroatoms. The van der Waals surface area contributed by atoms with Crippen LogP contribution in [0.15, 0.2) is 23.3 Å². The predicted octanol–water partition coefficient (Wildman–Crippen LogP) is 6.13. The molecule has 0 aromatic rings. The van der Waals surface area contributed by atoms with Gasteiger partial charge in [-0.1, -0.05) is 63.8 Å². The van der Waals surface area contributed by atoms with Gasteiger partial charge in [0.25, 0.3) is 0 Å². The van der Waals surface area contributed by atoms with Gasteiger partial charge in [-0.15, -0.1) is 0 Å². The summed E-state index contributed by atoms with van der Waals surface area (Å²) in [6.07, 6.45) is 8.09. The van der Waals surface area contributed by atoms with Crippen LogP contribution in [0.1, 0.15) is 81.6 Å². The van der Waals surface area contributed by atoms with Crippen LogP contribution < -0.4 is 4.72 Å². The van der Waals surface area contributed by atoms with Crippen LogP contribution in [0.4, 0.5) is 0 Å². The van der Waals surface area contributed by atoms with Gasteiger partial charge in [0.05, 0.1) is 0 Å². The molecule has 0 aromatic heterocycles. The van der Waals surface area contributed by atoms with Crippen LogP contribution in [0.2, 0.25) is 0 Å². The highest BCUT2D eigenvalue weighted by molar-refractivity contribution is 7.98. The molecule has 0 fully saturated rings. The molecule has 2 N–H and O–H groups in total. The first-order valence-corrected chi connectivity index (χ1v) is 9.38. The summed E-state index contributed by atoms with van der Waals surface area (Å²) in [6.45, 7) is 19.6. The number of hydrogen-bond donors (Lipinski definition) is 2. The molecule has 0 aliphatic rings. The quantitative estimate of drug-likeness (QED) is 0.435. The summed E-state index contributed by atoms with van der Waals surface area (Å²) in [5.74, 6) is 0. The van der Waals surface area contributed by atoms with E-state index in [0.717, 1.165) is 13.5 Å². The summed E-state index contributed by atoms with van der Waals surface area (Å²) < 4.78 is 3.93. The van der Waals surface area contributed by atoms with E-state index in [-0.39, 0.29) is 4.75 Å². The fourth-order valence-electron chi connectivity index (χ4n) is 1.78. The van der Waals surface area contributed by atoms with Gasteiger partial charge in [-0.05, 0) is 53.0 Å². The highest BCUT2D eigenvalue weighted by Gasteiger charge is 2.18. The summed E-state index contributed by atoms with van der Waals surface area (Å²) in [7, 11) is 1.00. The summed E-state index contributed by atoms with van der Waals surface area (Å²) in [4.78, 5) is 0. The van der Waals surface area contributed by atoms with Crippen LogP contribution in [-0.2, 0) is 0 Å². The third-order valence-electron chi connectivity index (χ3n) is 2.77. The first kappa shape index (κ1) is 26.6. The third-order valence-corrected chi connectivity index (χ3v) is 3.79. The number of rotatable bonds is 7. The molecule has 134 valence electrons. The Hall–Kier alpha value is -0.250. The summed E-state index contributed by atoms with van der Waals surface area (Å²) in [6, 6.07) is 0.468. The van der Waals surface area contributed by atoms with E-state index in [1.807, 2.05) is 25.8 Å². The van der Waals surface area contributed by atoms with Crippen LogP contribution >= 0.6 is 11.9 Å². The molecule has 0 aliphatic heterocycles. The van der Waals surface area contributed by atoms with Crippen molar-refractivity contribution in [3.8, 4) is 0 Å². The minimum Gasteiger partial charge on any atom is -0.400 e. The second-order valence-corrected chi connectivity index (χ2v) is 7.38. The molecule has 2 nitrogen and oxygen atoms in total. The van der Waals surface area contributed by atoms with E-state index in [1.165, 1.54) is 24.0 Å². The molecule has 0 heterocycles. The van der Waals surface area contributed by atoms with E-state index in [4.69, 9.17) is 5.11 Å². The average Bonchev–Trinajstić information content (AvgIpc) is 2.51. The Bertz CT molecular complexity index is 290. The first-order valence-electron chi connectivity index (χ1n) is 8.57. The van der Waals surface area contributed by atoms with Crippen LogP contribution in [-0.4, -0.2) is 23.0 Å². The second-order valence-electron chi connectivity index (χ2n) is 5.71. The van der Waals surface area contributed by atoms with Crippen LogP contribution in [0.3, 0.4) is 0 Å². The molecular formula is C19H41NOS. The van der Waals surface area contributed by atoms with E-state index in [1.54, 1.807) is 0 Å². The molecule has 1 unspecified atom stereocenters. The van der Waals surface area contributed by atoms with E-state index in [0.29, 0.717) is 6.04 Å². The zero-order valence-corrected chi connectivity index (χ0v) is 17.5. The van der Waals surface area contributed by atoms with E-state index >= 15 is 0 Å². The molecule has 0 aromatic carbocycles. The average molecular weight is 332 g/mol. The zero-order valence-electron chi connectivity index (χ0n) is 16.7. The highest BCUT2D eigenvalue weighted by atomic mass is 32.2. The summed E-state index contributed by atoms with van der Waals surface area (Å²) in [5.41, 5.74) is 2.87. The van der Waals surface area contributed by atoms with E-state index in [9.17, 15) is 0 Å². The predicted molar refractivity (Wildman–Crippen MR) is 106 cm³/mol. The highest BCUT2D eigenvalue weighted by Crippen LogP contribution is 2.25. The van der Waals surface area contributed by atoms with Crippen molar-refractivity contribution in [2.75, 3.05) is 7.11 Å². The van der Waals surface area contributed by atoms with Gasteiger partial charge in [-0.3, -0.25) is 4.72 Å². The van der Waals surface area contributed by atoms with Crippen molar-refractivity contribution in [3.05, 3.63) is 23.3 Å². The molecular weight excluding hydrogens is 290 g/mol. The summed E-state index contributed by atoms with van der Waals surface area (Å²) in [5, 5.41) is 7.00. The van der Waals surface area contributed by atoms with Gasteiger partial charge >= 0.3 is 0 Å². The minimum atomic E-state index is 0.257. The molecule has 0 spiro atoms. The number of nitrogens with one attached hydrogen (secondary N) is 1. The molecule has 0 rings (SSSR count). The molecule has 0 radical (unpaired) electrons. The van der Waals surface area contributed by atoms with E-state index in [2.05, 4.69) is 65.3 Å². The fourth-order valence-corrected chi connectivity index (χ4v) is 2.52. The van der Waals surface area contributed by atoms with Crippen molar-refractivity contribution < 1.29 is 5.11 Å². The molecule has 0 saturated heterocycles. The number of allylic oxidation sites excluding steroid dienone is 2. The Labute approximate surface area is 145 Å². The Morgan fingerprint density at radius 2 is 1.68 bits per heavy atom. The van der Waals surface area contributed by atoms with Gasteiger partial charge in [0, 0.05) is 17.9 Å².